The lowest BCUT2D eigenvalue weighted by Crippen LogP contribution is -2.47. The number of aliphatic imine (C=N–C) groups is 1. The van der Waals surface area contributed by atoms with E-state index < -0.39 is 5.60 Å². The molecule has 1 saturated carbocycles. The number of carbonyl (C=O) groups is 1. The van der Waals surface area contributed by atoms with E-state index in [2.05, 4.69) is 59.1 Å². The smallest absolute Gasteiger partial charge is 0.410 e. The molecule has 1 spiro atoms. The van der Waals surface area contributed by atoms with Crippen LogP contribution in [0.1, 0.15) is 40.0 Å². The maximum atomic E-state index is 12.8. The van der Waals surface area contributed by atoms with E-state index in [0.29, 0.717) is 18.1 Å². The summed E-state index contributed by atoms with van der Waals surface area (Å²) < 4.78 is 6.38. The summed E-state index contributed by atoms with van der Waals surface area (Å²) in [6.45, 7) is 24.2. The molecular weight excluding hydrogens is 430 g/mol. The van der Waals surface area contributed by atoms with E-state index >= 15 is 0 Å². The molecule has 29 heavy (non-hydrogen) atoms. The van der Waals surface area contributed by atoms with Crippen molar-refractivity contribution >= 4 is 27.9 Å². The summed E-state index contributed by atoms with van der Waals surface area (Å²) in [4.78, 5) is 19.0. The average Bonchev–Trinajstić information content (AvgIpc) is 3.28. The summed E-state index contributed by atoms with van der Waals surface area (Å²) in [6.07, 6.45) is 6.51. The Morgan fingerprint density at radius 1 is 1.24 bits per heavy atom. The van der Waals surface area contributed by atoms with Crippen LogP contribution < -0.4 is 5.32 Å². The molecule has 2 fully saturated rings. The van der Waals surface area contributed by atoms with Crippen molar-refractivity contribution in [2.75, 3.05) is 13.6 Å². The first kappa shape index (κ1) is 25.0. The van der Waals surface area contributed by atoms with Gasteiger partial charge in [0, 0.05) is 23.8 Å². The first-order chi connectivity index (χ1) is 13.5. The van der Waals surface area contributed by atoms with Gasteiger partial charge in [0.2, 0.25) is 0 Å². The molecule has 1 atom stereocenters. The topological polar surface area (TPSA) is 53.9 Å². The van der Waals surface area contributed by atoms with Gasteiger partial charge in [-0.05, 0) is 57.1 Å². The highest BCUT2D eigenvalue weighted by atomic mass is 79.9. The summed E-state index contributed by atoms with van der Waals surface area (Å²) in [7, 11) is 1.72. The first-order valence-corrected chi connectivity index (χ1v) is 10.4. The Morgan fingerprint density at radius 3 is 2.28 bits per heavy atom. The second-order valence-electron chi connectivity index (χ2n) is 8.35. The molecule has 2 aliphatic rings. The molecule has 1 aliphatic carbocycles. The number of nitrogens with zero attached hydrogens (tertiary/aromatic N) is 2. The number of ether oxygens (including phenoxy) is 1. The summed E-state index contributed by atoms with van der Waals surface area (Å²) in [6, 6.07) is -0.146. The fourth-order valence-corrected chi connectivity index (χ4v) is 3.30. The standard InChI is InChI=1S/C21H30BrN3O2.C2H4/c1-14(8-9-15(2)22)16(3)24-18(23-7)17-12-21(10-11-21)13-25(17)19(26)27-20(4,5)6;1-2/h8-9,17H,1-3,10-13H2,4-7H3,(H,23,24);1-2H2/b9-8-;. The second kappa shape index (κ2) is 10.1. The van der Waals surface area contributed by atoms with E-state index in [1.807, 2.05) is 26.8 Å². The molecular formula is C23H34BrN3O2. The van der Waals surface area contributed by atoms with Crippen LogP contribution in [-0.4, -0.2) is 42.1 Å². The van der Waals surface area contributed by atoms with Crippen molar-refractivity contribution in [2.24, 2.45) is 10.4 Å². The Labute approximate surface area is 184 Å². The predicted octanol–water partition coefficient (Wildman–Crippen LogP) is 5.73. The van der Waals surface area contributed by atoms with E-state index in [4.69, 9.17) is 4.74 Å². The van der Waals surface area contributed by atoms with E-state index in [1.165, 1.54) is 0 Å². The van der Waals surface area contributed by atoms with Crippen molar-refractivity contribution < 1.29 is 9.53 Å². The van der Waals surface area contributed by atoms with E-state index in [9.17, 15) is 4.79 Å². The average molecular weight is 464 g/mol. The number of carbonyl (C=O) groups excluding carboxylic acids is 1. The summed E-state index contributed by atoms with van der Waals surface area (Å²) >= 11 is 3.28. The van der Waals surface area contributed by atoms with Crippen LogP contribution in [0.5, 0.6) is 0 Å². The van der Waals surface area contributed by atoms with Crippen LogP contribution in [0.3, 0.4) is 0 Å². The highest BCUT2D eigenvalue weighted by molar-refractivity contribution is 9.11. The van der Waals surface area contributed by atoms with Crippen LogP contribution in [0.2, 0.25) is 0 Å². The Hall–Kier alpha value is -2.08. The van der Waals surface area contributed by atoms with Gasteiger partial charge in [-0.1, -0.05) is 41.7 Å². The molecule has 0 aromatic heterocycles. The van der Waals surface area contributed by atoms with Crippen LogP contribution in [0.25, 0.3) is 0 Å². The van der Waals surface area contributed by atoms with Crippen molar-refractivity contribution in [3.63, 3.8) is 0 Å². The lowest BCUT2D eigenvalue weighted by molar-refractivity contribution is 0.0256. The van der Waals surface area contributed by atoms with Crippen LogP contribution in [0.4, 0.5) is 4.79 Å². The quantitative estimate of drug-likeness (QED) is 0.245. The summed E-state index contributed by atoms with van der Waals surface area (Å²) in [5, 5.41) is 3.26. The maximum absolute atomic E-state index is 12.8. The SMILES string of the molecule is C=C.C=C(Br)/C=C\C(=C)C(=C)NC(=NC)C1CC2(CC2)CN1C(=O)OC(C)(C)C. The van der Waals surface area contributed by atoms with Gasteiger partial charge < -0.3 is 10.1 Å². The molecule has 0 aromatic carbocycles. The molecule has 160 valence electrons. The number of hydrogen-bond acceptors (Lipinski definition) is 3. The van der Waals surface area contributed by atoms with Gasteiger partial charge in [-0.3, -0.25) is 9.89 Å². The second-order valence-corrected chi connectivity index (χ2v) is 9.36. The third-order valence-corrected chi connectivity index (χ3v) is 5.05. The van der Waals surface area contributed by atoms with Crippen LogP contribution >= 0.6 is 15.9 Å². The monoisotopic (exact) mass is 463 g/mol. The Morgan fingerprint density at radius 2 is 1.83 bits per heavy atom. The van der Waals surface area contributed by atoms with Gasteiger partial charge in [0.15, 0.2) is 0 Å². The molecule has 0 radical (unpaired) electrons. The lowest BCUT2D eigenvalue weighted by Gasteiger charge is -2.29. The van der Waals surface area contributed by atoms with E-state index in [0.717, 1.165) is 29.3 Å². The minimum atomic E-state index is -0.529. The zero-order valence-corrected chi connectivity index (χ0v) is 19.8. The predicted molar refractivity (Wildman–Crippen MR) is 126 cm³/mol. The lowest BCUT2D eigenvalue weighted by atomic mass is 10.0. The van der Waals surface area contributed by atoms with Crippen LogP contribution in [0, 0.1) is 5.41 Å². The highest BCUT2D eigenvalue weighted by Gasteiger charge is 2.55. The van der Waals surface area contributed by atoms with E-state index in [1.54, 1.807) is 18.0 Å². The molecule has 0 aromatic rings. The number of nitrogens with one attached hydrogen (secondary N) is 1. The molecule has 1 amide bonds. The number of halogens is 1. The number of amides is 1. The van der Waals surface area contributed by atoms with Gasteiger partial charge >= 0.3 is 6.09 Å². The number of rotatable bonds is 5. The van der Waals surface area contributed by atoms with Crippen molar-refractivity contribution in [1.29, 1.82) is 0 Å². The van der Waals surface area contributed by atoms with Crippen molar-refractivity contribution in [3.8, 4) is 0 Å². The minimum absolute atomic E-state index is 0.146. The van der Waals surface area contributed by atoms with Gasteiger partial charge in [-0.2, -0.15) is 0 Å². The third kappa shape index (κ3) is 7.35. The van der Waals surface area contributed by atoms with Crippen LogP contribution in [0.15, 0.2) is 65.8 Å². The van der Waals surface area contributed by atoms with Gasteiger partial charge in [0.1, 0.15) is 11.4 Å². The molecule has 0 bridgehead atoms. The zero-order valence-electron chi connectivity index (χ0n) is 18.2. The molecule has 1 unspecified atom stereocenters. The minimum Gasteiger partial charge on any atom is -0.444 e. The molecule has 6 heteroatoms. The third-order valence-electron chi connectivity index (χ3n) is 4.78. The molecule has 1 saturated heterocycles. The summed E-state index contributed by atoms with van der Waals surface area (Å²) in [5.41, 5.74) is 1.05. The molecule has 1 N–H and O–H groups in total. The van der Waals surface area contributed by atoms with E-state index in [-0.39, 0.29) is 17.6 Å². The van der Waals surface area contributed by atoms with Gasteiger partial charge in [0.25, 0.3) is 0 Å². The van der Waals surface area contributed by atoms with Crippen molar-refractivity contribution in [2.45, 2.75) is 51.7 Å². The van der Waals surface area contributed by atoms with Gasteiger partial charge in [-0.25, -0.2) is 4.79 Å². The number of hydrogen-bond donors (Lipinski definition) is 1. The molecule has 1 heterocycles. The van der Waals surface area contributed by atoms with Crippen LogP contribution in [-0.2, 0) is 4.74 Å². The Bertz CT molecular complexity index is 727. The van der Waals surface area contributed by atoms with Gasteiger partial charge in [-0.15, -0.1) is 13.2 Å². The largest absolute Gasteiger partial charge is 0.444 e. The van der Waals surface area contributed by atoms with Crippen molar-refractivity contribution in [3.05, 3.63) is 60.8 Å². The summed E-state index contributed by atoms with van der Waals surface area (Å²) in [5.74, 6) is 0.710. The molecule has 2 rings (SSSR count). The fourth-order valence-electron chi connectivity index (χ4n) is 3.17. The zero-order chi connectivity index (χ0) is 22.4. The van der Waals surface area contributed by atoms with Gasteiger partial charge in [0.05, 0.1) is 6.04 Å². The number of amidine groups is 1. The molecule has 5 nitrogen and oxygen atoms in total. The fraction of sp³-hybridized carbons (Fsp3) is 0.478. The van der Waals surface area contributed by atoms with Crippen molar-refractivity contribution in [1.82, 2.24) is 10.2 Å². The normalized spacial score (nSPS) is 20.1. The maximum Gasteiger partial charge on any atom is 0.410 e. The number of likely N-dealkylation sites (tertiary alicyclic amines) is 1. The Balaban J connectivity index is 0.00000204. The number of allylic oxidation sites excluding steroid dienone is 3. The highest BCUT2D eigenvalue weighted by Crippen LogP contribution is 2.55. The first-order valence-electron chi connectivity index (χ1n) is 9.60. The molecule has 1 aliphatic heterocycles. The Kier molecular flexibility index (Phi) is 8.69.